The molecule has 0 fully saturated rings. The Morgan fingerprint density at radius 3 is 1.54 bits per heavy atom. The second-order valence-corrected chi connectivity index (χ2v) is 7.12. The molecule has 158 valence electrons. The summed E-state index contributed by atoms with van der Waals surface area (Å²) < 4.78 is 10.6. The predicted octanol–water partition coefficient (Wildman–Crippen LogP) is 3.60. The molecule has 0 amide bonds. The largest absolute Gasteiger partial charge is 0.462 e. The fraction of sp³-hybridized carbons (Fsp3) is 0.636. The molecule has 6 heteroatoms. The van der Waals surface area contributed by atoms with E-state index in [1.807, 2.05) is 0 Å². The van der Waals surface area contributed by atoms with Gasteiger partial charge in [-0.05, 0) is 25.0 Å². The minimum atomic E-state index is -0.604. The summed E-state index contributed by atoms with van der Waals surface area (Å²) >= 11 is 0. The van der Waals surface area contributed by atoms with E-state index < -0.39 is 11.9 Å². The lowest BCUT2D eigenvalue weighted by Crippen LogP contribution is -2.21. The molecule has 0 spiro atoms. The van der Waals surface area contributed by atoms with Gasteiger partial charge < -0.3 is 19.7 Å². The Morgan fingerprint density at radius 2 is 1.21 bits per heavy atom. The maximum absolute atomic E-state index is 12.4. The molecule has 28 heavy (non-hydrogen) atoms. The maximum Gasteiger partial charge on any atom is 0.339 e. The van der Waals surface area contributed by atoms with Crippen molar-refractivity contribution in [3.63, 3.8) is 0 Å². The standard InChI is InChI=1S/C22H34O6/c1-3-5-9-17(13-23)15-27-21(25)19-11-7-8-12-20(19)22(26)28-16-18(14-24)10-6-4-2/h7-8,11-12,17-18,23-24H,3-6,9-10,13-16H2,1-2H3. The summed E-state index contributed by atoms with van der Waals surface area (Å²) in [5, 5.41) is 18.8. The molecular formula is C22H34O6. The first-order valence-corrected chi connectivity index (χ1v) is 10.2. The number of rotatable bonds is 14. The van der Waals surface area contributed by atoms with Crippen LogP contribution in [0, 0.1) is 11.8 Å². The highest BCUT2D eigenvalue weighted by atomic mass is 16.5. The van der Waals surface area contributed by atoms with Gasteiger partial charge in [0.1, 0.15) is 0 Å². The first-order chi connectivity index (χ1) is 13.6. The molecule has 0 aliphatic carbocycles. The SMILES string of the molecule is CCCCC(CO)COC(=O)c1ccccc1C(=O)OCC(CO)CCCC. The lowest BCUT2D eigenvalue weighted by Gasteiger charge is -2.16. The fourth-order valence-corrected chi connectivity index (χ4v) is 2.82. The second kappa shape index (κ2) is 14.1. The molecule has 0 saturated heterocycles. The molecule has 0 heterocycles. The molecule has 6 nitrogen and oxygen atoms in total. The van der Waals surface area contributed by atoms with Crippen molar-refractivity contribution in [2.45, 2.75) is 52.4 Å². The molecule has 0 aliphatic heterocycles. The van der Waals surface area contributed by atoms with Crippen molar-refractivity contribution in [1.82, 2.24) is 0 Å². The molecule has 0 bridgehead atoms. The van der Waals surface area contributed by atoms with Gasteiger partial charge in [-0.25, -0.2) is 9.59 Å². The number of unbranched alkanes of at least 4 members (excludes halogenated alkanes) is 2. The number of aliphatic hydroxyl groups excluding tert-OH is 2. The summed E-state index contributed by atoms with van der Waals surface area (Å²) in [6.07, 6.45) is 5.48. The predicted molar refractivity (Wildman–Crippen MR) is 107 cm³/mol. The zero-order valence-corrected chi connectivity index (χ0v) is 17.1. The fourth-order valence-electron chi connectivity index (χ4n) is 2.82. The van der Waals surface area contributed by atoms with Gasteiger partial charge in [-0.1, -0.05) is 51.7 Å². The Morgan fingerprint density at radius 1 is 0.821 bits per heavy atom. The van der Waals surface area contributed by atoms with Crippen molar-refractivity contribution >= 4 is 11.9 Å². The summed E-state index contributed by atoms with van der Waals surface area (Å²) in [4.78, 5) is 24.9. The molecule has 0 aromatic heterocycles. The molecule has 1 rings (SSSR count). The van der Waals surface area contributed by atoms with Crippen LogP contribution in [0.4, 0.5) is 0 Å². The monoisotopic (exact) mass is 394 g/mol. The van der Waals surface area contributed by atoms with Crippen molar-refractivity contribution in [3.05, 3.63) is 35.4 Å². The Balaban J connectivity index is 2.69. The van der Waals surface area contributed by atoms with Crippen LogP contribution < -0.4 is 0 Å². The summed E-state index contributed by atoms with van der Waals surface area (Å²) in [5.74, 6) is -1.42. The Bertz CT molecular complexity index is 535. The molecule has 0 saturated carbocycles. The highest BCUT2D eigenvalue weighted by molar-refractivity contribution is 6.03. The molecule has 2 N–H and O–H groups in total. The summed E-state index contributed by atoms with van der Waals surface area (Å²) in [6.45, 7) is 4.26. The Labute approximate surface area is 167 Å². The number of esters is 2. The van der Waals surface area contributed by atoms with Crippen LogP contribution in [0.3, 0.4) is 0 Å². The minimum Gasteiger partial charge on any atom is -0.462 e. The van der Waals surface area contributed by atoms with E-state index >= 15 is 0 Å². The van der Waals surface area contributed by atoms with E-state index in [-0.39, 0.29) is 49.4 Å². The highest BCUT2D eigenvalue weighted by Crippen LogP contribution is 2.16. The number of aliphatic hydroxyl groups is 2. The third-order valence-corrected chi connectivity index (χ3v) is 4.72. The molecule has 1 aromatic carbocycles. The van der Waals surface area contributed by atoms with Gasteiger partial charge in [0.2, 0.25) is 0 Å². The number of carbonyl (C=O) groups excluding carboxylic acids is 2. The van der Waals surface area contributed by atoms with Crippen LogP contribution in [0.1, 0.15) is 73.1 Å². The zero-order valence-electron chi connectivity index (χ0n) is 17.1. The molecule has 2 unspecified atom stereocenters. The molecule has 2 atom stereocenters. The van der Waals surface area contributed by atoms with Gasteiger partial charge >= 0.3 is 11.9 Å². The van der Waals surface area contributed by atoms with E-state index in [9.17, 15) is 19.8 Å². The number of benzene rings is 1. The molecular weight excluding hydrogens is 360 g/mol. The zero-order chi connectivity index (χ0) is 20.8. The molecule has 0 radical (unpaired) electrons. The van der Waals surface area contributed by atoms with Crippen LogP contribution in [0.5, 0.6) is 0 Å². The smallest absolute Gasteiger partial charge is 0.339 e. The second-order valence-electron chi connectivity index (χ2n) is 7.12. The topological polar surface area (TPSA) is 93.1 Å². The third kappa shape index (κ3) is 8.40. The van der Waals surface area contributed by atoms with Crippen LogP contribution in [-0.2, 0) is 9.47 Å². The molecule has 1 aromatic rings. The first-order valence-electron chi connectivity index (χ1n) is 10.2. The van der Waals surface area contributed by atoms with Crippen LogP contribution >= 0.6 is 0 Å². The third-order valence-electron chi connectivity index (χ3n) is 4.72. The van der Waals surface area contributed by atoms with Gasteiger partial charge in [-0.15, -0.1) is 0 Å². The number of carbonyl (C=O) groups is 2. The summed E-state index contributed by atoms with van der Waals surface area (Å²) in [5.41, 5.74) is 0.294. The first kappa shape index (κ1) is 24.1. The van der Waals surface area contributed by atoms with Crippen molar-refractivity contribution in [1.29, 1.82) is 0 Å². The van der Waals surface area contributed by atoms with Crippen LogP contribution in [0.2, 0.25) is 0 Å². The van der Waals surface area contributed by atoms with Crippen molar-refractivity contribution < 1.29 is 29.3 Å². The van der Waals surface area contributed by atoms with Crippen LogP contribution in [0.25, 0.3) is 0 Å². The average molecular weight is 395 g/mol. The van der Waals surface area contributed by atoms with Crippen molar-refractivity contribution in [2.24, 2.45) is 11.8 Å². The van der Waals surface area contributed by atoms with Crippen LogP contribution in [0.15, 0.2) is 24.3 Å². The highest BCUT2D eigenvalue weighted by Gasteiger charge is 2.21. The van der Waals surface area contributed by atoms with Gasteiger partial charge in [-0.2, -0.15) is 0 Å². The number of ether oxygens (including phenoxy) is 2. The Hall–Kier alpha value is -1.92. The normalized spacial score (nSPS) is 13.0. The van der Waals surface area contributed by atoms with Gasteiger partial charge in [-0.3, -0.25) is 0 Å². The lowest BCUT2D eigenvalue weighted by molar-refractivity contribution is 0.0329. The minimum absolute atomic E-state index is 0.0444. The van der Waals surface area contributed by atoms with Gasteiger partial charge in [0.05, 0.1) is 24.3 Å². The van der Waals surface area contributed by atoms with E-state index in [4.69, 9.17) is 9.47 Å². The lowest BCUT2D eigenvalue weighted by atomic mass is 10.0. The van der Waals surface area contributed by atoms with E-state index in [1.54, 1.807) is 12.1 Å². The van der Waals surface area contributed by atoms with E-state index in [1.165, 1.54) is 12.1 Å². The molecule has 0 aliphatic rings. The van der Waals surface area contributed by atoms with E-state index in [0.29, 0.717) is 0 Å². The van der Waals surface area contributed by atoms with Gasteiger partial charge in [0, 0.05) is 25.0 Å². The number of hydrogen-bond donors (Lipinski definition) is 2. The van der Waals surface area contributed by atoms with Crippen molar-refractivity contribution in [2.75, 3.05) is 26.4 Å². The van der Waals surface area contributed by atoms with E-state index in [0.717, 1.165) is 38.5 Å². The summed E-state index contributed by atoms with van der Waals surface area (Å²) in [6, 6.07) is 6.37. The average Bonchev–Trinajstić information content (AvgIpc) is 2.73. The van der Waals surface area contributed by atoms with Gasteiger partial charge in [0.25, 0.3) is 0 Å². The van der Waals surface area contributed by atoms with Crippen molar-refractivity contribution in [3.8, 4) is 0 Å². The number of hydrogen-bond acceptors (Lipinski definition) is 6. The maximum atomic E-state index is 12.4. The Kier molecular flexibility index (Phi) is 12.2. The summed E-state index contributed by atoms with van der Waals surface area (Å²) in [7, 11) is 0. The van der Waals surface area contributed by atoms with Crippen LogP contribution in [-0.4, -0.2) is 48.6 Å². The van der Waals surface area contributed by atoms with Gasteiger partial charge in [0.15, 0.2) is 0 Å². The quantitative estimate of drug-likeness (QED) is 0.468. The van der Waals surface area contributed by atoms with E-state index in [2.05, 4.69) is 13.8 Å².